The summed E-state index contributed by atoms with van der Waals surface area (Å²) in [5, 5.41) is 4.66. The quantitative estimate of drug-likeness (QED) is 0.401. The van der Waals surface area contributed by atoms with Crippen molar-refractivity contribution in [3.8, 4) is 5.75 Å². The number of fused-ring (bicyclic) bond motifs is 2. The van der Waals surface area contributed by atoms with Gasteiger partial charge in [-0.15, -0.1) is 0 Å². The number of hydrogen-bond donors (Lipinski definition) is 1. The second-order valence-electron chi connectivity index (χ2n) is 9.08. The van der Waals surface area contributed by atoms with E-state index in [4.69, 9.17) is 32.9 Å². The molecule has 0 unspecified atom stereocenters. The van der Waals surface area contributed by atoms with Crippen LogP contribution in [0.25, 0.3) is 0 Å². The summed E-state index contributed by atoms with van der Waals surface area (Å²) >= 11 is 12.6. The normalized spacial score (nSPS) is 23.5. The number of hydrogen-bond acceptors (Lipinski definition) is 3. The number of aliphatic imine (C=N–C) groups is 1. The van der Waals surface area contributed by atoms with E-state index in [0.29, 0.717) is 22.3 Å². The summed E-state index contributed by atoms with van der Waals surface area (Å²) in [6.07, 6.45) is 2.40. The van der Waals surface area contributed by atoms with Gasteiger partial charge in [0.15, 0.2) is 11.6 Å². The molecule has 0 aromatic heterocycles. The Bertz CT molecular complexity index is 1280. The summed E-state index contributed by atoms with van der Waals surface area (Å²) in [4.78, 5) is 4.71. The minimum Gasteiger partial charge on any atom is -0.491 e. The van der Waals surface area contributed by atoms with E-state index in [2.05, 4.69) is 5.32 Å². The van der Waals surface area contributed by atoms with Gasteiger partial charge >= 0.3 is 0 Å². The van der Waals surface area contributed by atoms with Crippen LogP contribution < -0.4 is 10.1 Å². The van der Waals surface area contributed by atoms with E-state index in [-0.39, 0.29) is 17.6 Å². The lowest BCUT2D eigenvalue weighted by Gasteiger charge is -2.47. The van der Waals surface area contributed by atoms with Crippen molar-refractivity contribution in [1.82, 2.24) is 5.32 Å². The summed E-state index contributed by atoms with van der Waals surface area (Å²) in [6, 6.07) is 15.2. The Morgan fingerprint density at radius 2 is 1.85 bits per heavy atom. The highest BCUT2D eigenvalue weighted by molar-refractivity contribution is 6.31. The molecule has 1 N–H and O–H groups in total. The Balaban J connectivity index is 1.78. The maximum absolute atomic E-state index is 15.6. The van der Waals surface area contributed by atoms with E-state index in [0.717, 1.165) is 29.3 Å². The van der Waals surface area contributed by atoms with E-state index in [1.165, 1.54) is 6.07 Å². The maximum atomic E-state index is 15.6. The van der Waals surface area contributed by atoms with Crippen LogP contribution in [-0.4, -0.2) is 18.9 Å². The molecule has 0 aliphatic carbocycles. The lowest BCUT2D eigenvalue weighted by Crippen LogP contribution is -2.51. The van der Waals surface area contributed by atoms with Crippen molar-refractivity contribution >= 4 is 35.1 Å². The van der Waals surface area contributed by atoms with Gasteiger partial charge in [-0.3, -0.25) is 4.99 Å². The number of ether oxygens (including phenoxy) is 1. The Morgan fingerprint density at radius 3 is 2.62 bits per heavy atom. The van der Waals surface area contributed by atoms with E-state index in [9.17, 15) is 4.39 Å². The minimum absolute atomic E-state index is 0.0989. The van der Waals surface area contributed by atoms with Gasteiger partial charge in [0.25, 0.3) is 0 Å². The summed E-state index contributed by atoms with van der Waals surface area (Å²) in [7, 11) is 0. The van der Waals surface area contributed by atoms with Crippen molar-refractivity contribution < 1.29 is 13.5 Å². The molecule has 3 aromatic rings. The van der Waals surface area contributed by atoms with Crippen molar-refractivity contribution in [3.05, 3.63) is 93.0 Å². The molecule has 2 heterocycles. The first kappa shape index (κ1) is 23.3. The molecule has 1 fully saturated rings. The predicted molar refractivity (Wildman–Crippen MR) is 133 cm³/mol. The molecule has 0 saturated carbocycles. The van der Waals surface area contributed by atoms with Crippen molar-refractivity contribution in [2.24, 2.45) is 4.99 Å². The molecule has 34 heavy (non-hydrogen) atoms. The number of nitrogens with zero attached hydrogens (tertiary/aromatic N) is 1. The molecule has 2 aliphatic heterocycles. The van der Waals surface area contributed by atoms with Gasteiger partial charge in [0, 0.05) is 22.2 Å². The average molecular weight is 501 g/mol. The smallest absolute Gasteiger partial charge is 0.167 e. The van der Waals surface area contributed by atoms with E-state index in [1.54, 1.807) is 6.07 Å². The topological polar surface area (TPSA) is 33.6 Å². The lowest BCUT2D eigenvalue weighted by atomic mass is 9.60. The number of piperidine rings is 1. The molecule has 3 atom stereocenters. The van der Waals surface area contributed by atoms with Crippen LogP contribution in [0.1, 0.15) is 48.9 Å². The Morgan fingerprint density at radius 1 is 1.06 bits per heavy atom. The lowest BCUT2D eigenvalue weighted by molar-refractivity contribution is 0.218. The van der Waals surface area contributed by atoms with Gasteiger partial charge in [-0.2, -0.15) is 0 Å². The molecule has 5 rings (SSSR count). The second kappa shape index (κ2) is 8.95. The zero-order valence-electron chi connectivity index (χ0n) is 18.8. The Kier molecular flexibility index (Phi) is 6.13. The molecule has 1 spiro atoms. The fraction of sp³-hybridized carbons (Fsp3) is 0.296. The van der Waals surface area contributed by atoms with Gasteiger partial charge in [-0.25, -0.2) is 8.78 Å². The van der Waals surface area contributed by atoms with E-state index in [1.807, 2.05) is 56.5 Å². The molecule has 2 aliphatic rings. The van der Waals surface area contributed by atoms with E-state index < -0.39 is 23.1 Å². The van der Waals surface area contributed by atoms with Crippen LogP contribution in [0, 0.1) is 11.6 Å². The maximum Gasteiger partial charge on any atom is 0.167 e. The fourth-order valence-corrected chi connectivity index (χ4v) is 5.76. The van der Waals surface area contributed by atoms with Gasteiger partial charge in [-0.1, -0.05) is 41.4 Å². The summed E-state index contributed by atoms with van der Waals surface area (Å²) in [5.41, 5.74) is 1.98. The van der Waals surface area contributed by atoms with Crippen molar-refractivity contribution in [2.75, 3.05) is 6.54 Å². The van der Waals surface area contributed by atoms with Crippen LogP contribution in [0.5, 0.6) is 5.75 Å². The van der Waals surface area contributed by atoms with Crippen LogP contribution in [0.4, 0.5) is 14.5 Å². The van der Waals surface area contributed by atoms with Gasteiger partial charge in [0.2, 0.25) is 0 Å². The molecule has 1 saturated heterocycles. The molecular formula is C27H24Cl2F2N2O. The van der Waals surface area contributed by atoms with Crippen molar-refractivity contribution in [1.29, 1.82) is 0 Å². The molecule has 3 aromatic carbocycles. The van der Waals surface area contributed by atoms with Crippen molar-refractivity contribution in [3.63, 3.8) is 0 Å². The number of benzene rings is 3. The number of halogens is 4. The third-order valence-corrected chi connectivity index (χ3v) is 7.14. The molecule has 0 amide bonds. The summed E-state index contributed by atoms with van der Waals surface area (Å²) in [6.45, 7) is 4.31. The zero-order chi connectivity index (χ0) is 24.0. The zero-order valence-corrected chi connectivity index (χ0v) is 20.3. The highest BCUT2D eigenvalue weighted by Gasteiger charge is 2.54. The summed E-state index contributed by atoms with van der Waals surface area (Å²) in [5.74, 6) is -1.62. The number of rotatable bonds is 4. The van der Waals surface area contributed by atoms with Gasteiger partial charge in [0.1, 0.15) is 5.75 Å². The standard InChI is InChI=1S/C27H24Cl2F2N2O/c1-15(2)34-23-9-8-21(30)25(31)24(23)26-27(14-33-22-13-18(29)6-7-20(22)27)19(10-11-32-26)16-4-3-5-17(28)12-16/h3-9,12-15,19,26,32H,10-11H2,1-2H3/t19-,26-,27-/m0/s1. The molecule has 176 valence electrons. The van der Waals surface area contributed by atoms with Gasteiger partial charge in [-0.05, 0) is 74.3 Å². The minimum atomic E-state index is -0.919. The molecule has 0 bridgehead atoms. The molecular weight excluding hydrogens is 477 g/mol. The van der Waals surface area contributed by atoms with Crippen LogP contribution in [0.2, 0.25) is 10.0 Å². The van der Waals surface area contributed by atoms with Crippen LogP contribution in [-0.2, 0) is 5.41 Å². The largest absolute Gasteiger partial charge is 0.491 e. The summed E-state index contributed by atoms with van der Waals surface area (Å²) < 4.78 is 36.2. The van der Waals surface area contributed by atoms with Gasteiger partial charge in [0.05, 0.1) is 28.8 Å². The van der Waals surface area contributed by atoms with Crippen molar-refractivity contribution in [2.45, 2.75) is 43.7 Å². The second-order valence-corrected chi connectivity index (χ2v) is 9.95. The molecule has 3 nitrogen and oxygen atoms in total. The first-order valence-corrected chi connectivity index (χ1v) is 12.1. The van der Waals surface area contributed by atoms with Crippen LogP contribution in [0.3, 0.4) is 0 Å². The van der Waals surface area contributed by atoms with Crippen LogP contribution >= 0.6 is 23.2 Å². The highest BCUT2D eigenvalue weighted by atomic mass is 35.5. The first-order valence-electron chi connectivity index (χ1n) is 11.3. The average Bonchev–Trinajstić information content (AvgIpc) is 3.15. The number of nitrogens with one attached hydrogen (secondary N) is 1. The van der Waals surface area contributed by atoms with E-state index >= 15 is 4.39 Å². The monoisotopic (exact) mass is 500 g/mol. The SMILES string of the molecule is CC(C)Oc1ccc(F)c(F)c1[C@@H]1NCC[C@@H](c2cccc(Cl)c2)[C@]12C=Nc1cc(Cl)ccc12. The predicted octanol–water partition coefficient (Wildman–Crippen LogP) is 7.53. The fourth-order valence-electron chi connectivity index (χ4n) is 5.39. The third kappa shape index (κ3) is 3.80. The highest BCUT2D eigenvalue weighted by Crippen LogP contribution is 2.57. The Labute approximate surface area is 207 Å². The van der Waals surface area contributed by atoms with Crippen LogP contribution in [0.15, 0.2) is 59.6 Å². The Hall–Kier alpha value is -2.47. The van der Waals surface area contributed by atoms with Gasteiger partial charge < -0.3 is 10.1 Å². The third-order valence-electron chi connectivity index (χ3n) is 6.67. The first-order chi connectivity index (χ1) is 16.3. The molecule has 0 radical (unpaired) electrons. The molecule has 7 heteroatoms.